The highest BCUT2D eigenvalue weighted by Crippen LogP contribution is 2.37. The van der Waals surface area contributed by atoms with Crippen molar-refractivity contribution in [3.63, 3.8) is 0 Å². The van der Waals surface area contributed by atoms with Crippen LogP contribution in [0, 0.1) is 17.2 Å². The van der Waals surface area contributed by atoms with Gasteiger partial charge in [-0.25, -0.2) is 15.0 Å². The number of hydrogen-bond donors (Lipinski definition) is 7. The zero-order valence-corrected chi connectivity index (χ0v) is 47.2. The second-order valence-corrected chi connectivity index (χ2v) is 21.5. The van der Waals surface area contributed by atoms with Gasteiger partial charge in [-0.3, -0.25) is 24.0 Å². The Labute approximate surface area is 501 Å². The predicted molar refractivity (Wildman–Crippen MR) is 328 cm³/mol. The number of nitriles is 1. The van der Waals surface area contributed by atoms with Gasteiger partial charge in [0.25, 0.3) is 0 Å². The van der Waals surface area contributed by atoms with Gasteiger partial charge in [0.15, 0.2) is 5.78 Å². The molecule has 2 unspecified atom stereocenters. The third kappa shape index (κ3) is 14.4. The predicted octanol–water partition coefficient (Wildman–Crippen LogP) is 10.0. The van der Waals surface area contributed by atoms with E-state index in [1.165, 1.54) is 54.9 Å². The van der Waals surface area contributed by atoms with Crippen molar-refractivity contribution in [1.29, 1.82) is 5.26 Å². The second-order valence-electron chi connectivity index (χ2n) is 21.5. The number of aromatic nitrogens is 5. The molecule has 0 amide bonds. The fourth-order valence-corrected chi connectivity index (χ4v) is 11.0. The van der Waals surface area contributed by atoms with Gasteiger partial charge in [0.1, 0.15) is 23.1 Å². The molecule has 0 aliphatic carbocycles. The van der Waals surface area contributed by atoms with Crippen molar-refractivity contribution < 1.29 is 49.3 Å². The molecule has 3 saturated heterocycles. The van der Waals surface area contributed by atoms with Crippen LogP contribution in [0.15, 0.2) is 145 Å². The van der Waals surface area contributed by atoms with Gasteiger partial charge in [-0.1, -0.05) is 44.2 Å². The van der Waals surface area contributed by atoms with Crippen molar-refractivity contribution in [2.24, 2.45) is 5.92 Å². The highest BCUT2D eigenvalue weighted by molar-refractivity contribution is 6.17. The van der Waals surface area contributed by atoms with Crippen LogP contribution in [0.2, 0.25) is 0 Å². The van der Waals surface area contributed by atoms with Crippen LogP contribution in [0.25, 0.3) is 10.9 Å². The minimum Gasteiger partial charge on any atom is -0.383 e. The molecule has 24 heteroatoms. The molecule has 86 heavy (non-hydrogen) atoms. The average molecular weight is 1190 g/mol. The number of anilines is 4. The first-order valence-electron chi connectivity index (χ1n) is 28.1. The maximum absolute atomic E-state index is 13.7. The first kappa shape index (κ1) is 61.5. The maximum Gasteiger partial charge on any atom is 0.418 e. The Morgan fingerprint density at radius 1 is 0.709 bits per heavy atom. The van der Waals surface area contributed by atoms with Crippen LogP contribution < -0.4 is 43.4 Å². The molecular formula is C62H77F6N15O3. The summed E-state index contributed by atoms with van der Waals surface area (Å²) in [6.07, 6.45) is -0.218. The zero-order chi connectivity index (χ0) is 61.3. The van der Waals surface area contributed by atoms with E-state index < -0.39 is 52.5 Å². The van der Waals surface area contributed by atoms with E-state index in [2.05, 4.69) is 61.2 Å². The molecule has 11 rings (SSSR count). The van der Waals surface area contributed by atoms with E-state index >= 15 is 0 Å². The molecule has 3 aromatic carbocycles. The molecule has 8 heterocycles. The van der Waals surface area contributed by atoms with Gasteiger partial charge < -0.3 is 43.4 Å². The number of nitrogens with zero attached hydrogens (tertiary/aromatic N) is 8. The first-order valence-corrected chi connectivity index (χ1v) is 28.1. The third-order valence-corrected chi connectivity index (χ3v) is 15.2. The van der Waals surface area contributed by atoms with Gasteiger partial charge >= 0.3 is 12.4 Å². The summed E-state index contributed by atoms with van der Waals surface area (Å²) in [4.78, 5) is 54.7. The lowest BCUT2D eigenvalue weighted by molar-refractivity contribution is -0.137. The maximum atomic E-state index is 13.7. The van der Waals surface area contributed by atoms with Crippen LogP contribution in [0.4, 0.5) is 49.5 Å². The lowest BCUT2D eigenvalue weighted by Crippen LogP contribution is -2.58. The average Bonchev–Trinajstić information content (AvgIpc) is 1.49. The number of hydrogen-bond acceptors (Lipinski definition) is 17. The molecule has 0 spiro atoms. The van der Waals surface area contributed by atoms with E-state index in [0.29, 0.717) is 66.5 Å². The fourth-order valence-electron chi connectivity index (χ4n) is 11.0. The summed E-state index contributed by atoms with van der Waals surface area (Å²) < 4.78 is 83.6. The van der Waals surface area contributed by atoms with Crippen molar-refractivity contribution in [2.45, 2.75) is 69.8 Å². The number of piperidine rings is 1. The summed E-state index contributed by atoms with van der Waals surface area (Å²) in [5.74, 6) is -1.40. The minimum atomic E-state index is -4.67. The number of allylic oxidation sites excluding steroid dienone is 3. The standard InChI is InChI=1S/C23H21F3N4O.C20H26F3N5O.C19H18N6O.6H2/c24-23(25,26)19-9-8-16(13-18(19)21(31)17-7-4-10-29-22(17)27)30-12-11-28-20(14-30)15-5-2-1-3-6-15;1-12(2)10-13-11-28(9-8-25-13)16-6-5-15(20(21,22)23)17(27-16)18(29)14-4-3-7-26-19(14)24;20-11-12-3-4-16-15(10-12)17(18(26)14-2-1-7-23-19(14)21)24-25(16)13-5-8-22-9-6-13;;;;;;/h1-10,13,20,28H,11-12,14H2,(H2,27,29);3-7,12-13,16,25,27H,8-11H2,1-2H3,(H2,24,26);1-4,7,10,13,22H,5-6,8-9H2,(H2,21,23);6*1H/t;13-,16?;;;;;;;/m.0......./s1. The Morgan fingerprint density at radius 3 is 1.94 bits per heavy atom. The summed E-state index contributed by atoms with van der Waals surface area (Å²) in [6.45, 7) is 10.0. The molecule has 10 N–H and O–H groups in total. The van der Waals surface area contributed by atoms with Crippen molar-refractivity contribution in [3.8, 4) is 6.07 Å². The van der Waals surface area contributed by atoms with Crippen LogP contribution in [0.3, 0.4) is 0 Å². The summed E-state index contributed by atoms with van der Waals surface area (Å²) in [5.41, 5.74) is 18.0. The lowest BCUT2D eigenvalue weighted by Gasteiger charge is -2.40. The van der Waals surface area contributed by atoms with E-state index in [9.17, 15) is 46.0 Å². The zero-order valence-electron chi connectivity index (χ0n) is 47.2. The van der Waals surface area contributed by atoms with Crippen LogP contribution in [0.1, 0.15) is 113 Å². The highest BCUT2D eigenvalue weighted by Gasteiger charge is 2.41. The van der Waals surface area contributed by atoms with Gasteiger partial charge in [-0.2, -0.15) is 36.7 Å². The molecule has 3 atom stereocenters. The van der Waals surface area contributed by atoms with Crippen molar-refractivity contribution >= 4 is 51.4 Å². The number of fused-ring (bicyclic) bond motifs is 1. The van der Waals surface area contributed by atoms with Gasteiger partial charge in [0.05, 0.1) is 62.9 Å². The molecule has 18 nitrogen and oxygen atoms in total. The van der Waals surface area contributed by atoms with E-state index in [1.54, 1.807) is 30.5 Å². The number of halogens is 6. The smallest absolute Gasteiger partial charge is 0.383 e. The van der Waals surface area contributed by atoms with E-state index in [1.807, 2.05) is 50.9 Å². The highest BCUT2D eigenvalue weighted by atomic mass is 19.4. The van der Waals surface area contributed by atoms with Crippen molar-refractivity contribution in [2.75, 3.05) is 74.5 Å². The number of pyridine rings is 3. The van der Waals surface area contributed by atoms with Crippen LogP contribution in [-0.4, -0.2) is 118 Å². The first-order chi connectivity index (χ1) is 41.2. The van der Waals surface area contributed by atoms with Gasteiger partial charge in [0, 0.05) is 95.1 Å². The van der Waals surface area contributed by atoms with Crippen LogP contribution in [-0.2, 0) is 6.18 Å². The van der Waals surface area contributed by atoms with Crippen LogP contribution in [0.5, 0.6) is 0 Å². The third-order valence-electron chi connectivity index (χ3n) is 15.2. The topological polar surface area (TPSA) is 264 Å². The fraction of sp³-hybridized carbons (Fsp3) is 0.323. The number of rotatable bonds is 12. The number of ketones is 3. The number of nitrogen functional groups attached to an aromatic ring is 3. The van der Waals surface area contributed by atoms with Crippen LogP contribution >= 0.6 is 0 Å². The molecular weight excluding hydrogens is 1120 g/mol. The van der Waals surface area contributed by atoms with E-state index in [0.717, 1.165) is 62.1 Å². The molecule has 7 aromatic rings. The summed E-state index contributed by atoms with van der Waals surface area (Å²) in [7, 11) is 0. The van der Waals surface area contributed by atoms with Gasteiger partial charge in [-0.05, 0) is 129 Å². The minimum absolute atomic E-state index is 0. The van der Waals surface area contributed by atoms with E-state index in [-0.39, 0.29) is 61.0 Å². The molecule has 3 fully saturated rings. The Bertz CT molecular complexity index is 3720. The number of dihydropyridines is 1. The van der Waals surface area contributed by atoms with Gasteiger partial charge in [0.2, 0.25) is 11.6 Å². The molecule has 4 aliphatic rings. The number of nitrogens with one attached hydrogen (secondary N) is 4. The Balaban J connectivity index is 0.000000350. The van der Waals surface area contributed by atoms with Gasteiger partial charge in [-0.15, -0.1) is 0 Å². The summed E-state index contributed by atoms with van der Waals surface area (Å²) in [5, 5.41) is 27.6. The quantitative estimate of drug-likeness (QED) is 0.0443. The van der Waals surface area contributed by atoms with Crippen molar-refractivity contribution in [3.05, 3.63) is 190 Å². The normalized spacial score (nSPS) is 18.5. The summed E-state index contributed by atoms with van der Waals surface area (Å²) in [6, 6.07) is 30.6. The number of carbonyl (C=O) groups is 3. The van der Waals surface area contributed by atoms with E-state index in [4.69, 9.17) is 17.2 Å². The monoisotopic (exact) mass is 1190 g/mol. The number of benzene rings is 3. The molecule has 460 valence electrons. The lowest BCUT2D eigenvalue weighted by atomic mass is 9.96. The number of piperazine rings is 2. The Kier molecular flexibility index (Phi) is 19.3. The van der Waals surface area contributed by atoms with Crippen molar-refractivity contribution in [1.82, 2.24) is 50.9 Å². The molecule has 0 saturated carbocycles. The molecule has 4 aromatic heterocycles. The SMILES string of the molecule is CC(C)C[C@H]1CN(C2C=CC(C(F)(F)F)=C(C(=O)c3cccnc3N)N2)CCN1.N#Cc1ccc2c(c1)c(C(=O)c1cccnc1N)nn2C1CCNCC1.Nc1ncccc1C(=O)c1cc(N2CCNC(c3ccccc3)C2)ccc1C(F)(F)F.[HH].[HH].[HH].[HH].[HH].[HH]. The number of alkyl halides is 6. The molecule has 4 aliphatic heterocycles. The number of carbonyl (C=O) groups excluding carboxylic acids is 3. The Morgan fingerprint density at radius 2 is 1.34 bits per heavy atom. The molecule has 0 bridgehead atoms. The summed E-state index contributed by atoms with van der Waals surface area (Å²) >= 11 is 0. The molecule has 0 radical (unpaired) electrons. The Hall–Kier alpha value is -9.02. The largest absolute Gasteiger partial charge is 0.418 e. The number of Topliss-reactive ketones (excluding diaryl/α,β-unsaturated/α-hetero) is 1. The number of nitrogens with two attached hydrogens (primary N) is 3. The second kappa shape index (κ2) is 26.9.